The van der Waals surface area contributed by atoms with E-state index in [1.54, 1.807) is 56.3 Å². The quantitative estimate of drug-likeness (QED) is 0.0718. The third kappa shape index (κ3) is 7.58. The van der Waals surface area contributed by atoms with Gasteiger partial charge >= 0.3 is 17.8 Å². The first-order valence-corrected chi connectivity index (χ1v) is 13.3. The Kier molecular flexibility index (Phi) is 9.50. The number of allylic oxidation sites excluding steroid dienone is 2. The average Bonchev–Trinajstić information content (AvgIpc) is 2.93. The van der Waals surface area contributed by atoms with Crippen LogP contribution in [-0.4, -0.2) is 18.5 Å². The normalized spacial score (nSPS) is 11.9. The number of benzene rings is 3. The molecule has 4 rings (SSSR count). The third-order valence-electron chi connectivity index (χ3n) is 6.27. The highest BCUT2D eigenvalue weighted by Gasteiger charge is 2.34. The number of ether oxygens (including phenoxy) is 1. The Bertz CT molecular complexity index is 1830. The number of esters is 1. The van der Waals surface area contributed by atoms with E-state index in [0.717, 1.165) is 12.1 Å². The van der Waals surface area contributed by atoms with Crippen molar-refractivity contribution < 1.29 is 36.3 Å². The maximum atomic E-state index is 13.6. The van der Waals surface area contributed by atoms with Crippen LogP contribution in [0.4, 0.5) is 23.2 Å². The van der Waals surface area contributed by atoms with Gasteiger partial charge in [-0.3, -0.25) is 4.79 Å². The Morgan fingerprint density at radius 3 is 2.56 bits per heavy atom. The number of fused-ring (bicyclic) bond motifs is 1. The maximum absolute atomic E-state index is 13.6. The van der Waals surface area contributed by atoms with Gasteiger partial charge in [-0.1, -0.05) is 48.0 Å². The number of hydrogen-bond acceptors (Lipinski definition) is 5. The first-order chi connectivity index (χ1) is 20.4. The molecule has 3 aromatic carbocycles. The topological polar surface area (TPSA) is 85.6 Å². The van der Waals surface area contributed by atoms with Gasteiger partial charge in [0.1, 0.15) is 11.4 Å². The van der Waals surface area contributed by atoms with Gasteiger partial charge in [-0.25, -0.2) is 14.0 Å². The number of halogens is 5. The maximum Gasteiger partial charge on any atom is 0.418 e. The van der Waals surface area contributed by atoms with Crippen LogP contribution in [0.5, 0.6) is 0 Å². The van der Waals surface area contributed by atoms with E-state index in [9.17, 15) is 31.9 Å². The molecule has 0 aliphatic heterocycles. The molecule has 1 amide bonds. The van der Waals surface area contributed by atoms with Crippen molar-refractivity contribution in [3.63, 3.8) is 0 Å². The van der Waals surface area contributed by atoms with Crippen LogP contribution < -0.4 is 10.9 Å². The van der Waals surface area contributed by atoms with Crippen LogP contribution in [0.15, 0.2) is 82.0 Å². The molecule has 4 aromatic rings. The minimum Gasteiger partial charge on any atom is -0.463 e. The van der Waals surface area contributed by atoms with Gasteiger partial charge in [0.15, 0.2) is 0 Å². The molecule has 1 N–H and O–H groups in total. The van der Waals surface area contributed by atoms with Gasteiger partial charge in [0.25, 0.3) is 0 Å². The standard InChI is InChI=1S/C32H24ClF4NO5/c1-3-42-29(40)10-5-4-7-19-8-6-9-20(14-19)30-22-13-18(2)25(33)17-27(22)43-31(41)23(30)16-28(39)38-26-12-11-21(34)15-24(26)32(35,36)37/h4-15,17H,3,16H2,1-2H3,(H,38,39). The zero-order chi connectivity index (χ0) is 31.3. The van der Waals surface area contributed by atoms with Crippen LogP contribution in [0.2, 0.25) is 5.02 Å². The van der Waals surface area contributed by atoms with Gasteiger partial charge < -0.3 is 14.5 Å². The fourth-order valence-corrected chi connectivity index (χ4v) is 4.52. The molecule has 43 heavy (non-hydrogen) atoms. The second-order valence-corrected chi connectivity index (χ2v) is 9.76. The zero-order valence-corrected chi connectivity index (χ0v) is 23.6. The van der Waals surface area contributed by atoms with Crippen molar-refractivity contribution in [1.82, 2.24) is 0 Å². The first kappa shape index (κ1) is 31.2. The van der Waals surface area contributed by atoms with Crippen molar-refractivity contribution in [2.24, 2.45) is 0 Å². The lowest BCUT2D eigenvalue weighted by molar-refractivity contribution is -0.138. The number of carbonyl (C=O) groups is 2. The molecule has 1 heterocycles. The van der Waals surface area contributed by atoms with Crippen LogP contribution in [0.3, 0.4) is 0 Å². The van der Waals surface area contributed by atoms with E-state index in [2.05, 4.69) is 5.32 Å². The smallest absolute Gasteiger partial charge is 0.418 e. The third-order valence-corrected chi connectivity index (χ3v) is 6.68. The Morgan fingerprint density at radius 2 is 1.84 bits per heavy atom. The molecule has 0 bridgehead atoms. The molecule has 222 valence electrons. The molecule has 0 unspecified atom stereocenters. The molecule has 0 saturated carbocycles. The minimum absolute atomic E-state index is 0.106. The second-order valence-electron chi connectivity index (χ2n) is 9.35. The molecule has 11 heteroatoms. The number of amides is 1. The zero-order valence-electron chi connectivity index (χ0n) is 22.9. The minimum atomic E-state index is -4.94. The average molecular weight is 614 g/mol. The predicted molar refractivity (Wildman–Crippen MR) is 156 cm³/mol. The highest BCUT2D eigenvalue weighted by molar-refractivity contribution is 6.32. The summed E-state index contributed by atoms with van der Waals surface area (Å²) >= 11 is 6.26. The molecular weight excluding hydrogens is 590 g/mol. The molecule has 0 atom stereocenters. The Labute approximate surface area is 248 Å². The Morgan fingerprint density at radius 1 is 1.07 bits per heavy atom. The van der Waals surface area contributed by atoms with Crippen LogP contribution >= 0.6 is 11.6 Å². The van der Waals surface area contributed by atoms with Gasteiger partial charge in [-0.15, -0.1) is 0 Å². The largest absolute Gasteiger partial charge is 0.463 e. The Hall–Kier alpha value is -4.70. The molecule has 0 aliphatic rings. The summed E-state index contributed by atoms with van der Waals surface area (Å²) in [6.07, 6.45) is 0.499. The van der Waals surface area contributed by atoms with Crippen LogP contribution in [-0.2, 0) is 26.9 Å². The van der Waals surface area contributed by atoms with Gasteiger partial charge in [0.05, 0.1) is 29.8 Å². The summed E-state index contributed by atoms with van der Waals surface area (Å²) in [7, 11) is 0. The lowest BCUT2D eigenvalue weighted by atomic mass is 9.93. The van der Waals surface area contributed by atoms with Crippen molar-refractivity contribution in [2.75, 3.05) is 11.9 Å². The number of rotatable bonds is 8. The van der Waals surface area contributed by atoms with E-state index in [1.165, 1.54) is 18.2 Å². The summed E-state index contributed by atoms with van der Waals surface area (Å²) in [5, 5.41) is 2.94. The molecular formula is C32H24ClF4NO5. The van der Waals surface area contributed by atoms with Crippen molar-refractivity contribution in [2.45, 2.75) is 26.4 Å². The lowest BCUT2D eigenvalue weighted by Crippen LogP contribution is -2.22. The van der Waals surface area contributed by atoms with Crippen molar-refractivity contribution in [3.8, 4) is 11.1 Å². The van der Waals surface area contributed by atoms with Crippen LogP contribution in [0, 0.1) is 12.7 Å². The van der Waals surface area contributed by atoms with E-state index in [1.807, 2.05) is 0 Å². The van der Waals surface area contributed by atoms with Gasteiger partial charge in [-0.2, -0.15) is 13.2 Å². The number of aryl methyl sites for hydroxylation is 1. The highest BCUT2D eigenvalue weighted by atomic mass is 35.5. The van der Waals surface area contributed by atoms with E-state index in [-0.39, 0.29) is 23.8 Å². The fraction of sp³-hybridized carbons (Fsp3) is 0.156. The van der Waals surface area contributed by atoms with Crippen LogP contribution in [0.1, 0.15) is 29.2 Å². The summed E-state index contributed by atoms with van der Waals surface area (Å²) in [5.41, 5.74) is -0.696. The monoisotopic (exact) mass is 613 g/mol. The van der Waals surface area contributed by atoms with Gasteiger partial charge in [-0.05, 0) is 60.9 Å². The number of hydrogen-bond donors (Lipinski definition) is 1. The second kappa shape index (κ2) is 13.1. The summed E-state index contributed by atoms with van der Waals surface area (Å²) in [6.45, 7) is 3.68. The van der Waals surface area contributed by atoms with Crippen molar-refractivity contribution in [3.05, 3.63) is 116 Å². The predicted octanol–water partition coefficient (Wildman–Crippen LogP) is 7.89. The summed E-state index contributed by atoms with van der Waals surface area (Å²) < 4.78 is 64.4. The Balaban J connectivity index is 1.78. The van der Waals surface area contributed by atoms with Crippen molar-refractivity contribution >= 4 is 46.2 Å². The van der Waals surface area contributed by atoms with E-state index in [4.69, 9.17) is 20.8 Å². The number of carbonyl (C=O) groups excluding carboxylic acids is 2. The summed E-state index contributed by atoms with van der Waals surface area (Å²) in [4.78, 5) is 37.8. The summed E-state index contributed by atoms with van der Waals surface area (Å²) in [5.74, 6) is -2.57. The summed E-state index contributed by atoms with van der Waals surface area (Å²) in [6, 6.07) is 11.9. The molecule has 0 saturated heterocycles. The van der Waals surface area contributed by atoms with E-state index < -0.39 is 47.2 Å². The fourth-order valence-electron chi connectivity index (χ4n) is 4.36. The van der Waals surface area contributed by atoms with E-state index >= 15 is 0 Å². The van der Waals surface area contributed by atoms with E-state index in [0.29, 0.717) is 32.7 Å². The molecule has 0 spiro atoms. The molecule has 1 aromatic heterocycles. The molecule has 0 fully saturated rings. The molecule has 0 aliphatic carbocycles. The SMILES string of the molecule is CCOC(=O)C=CC=Cc1cccc(-c2c(CC(=O)Nc3ccc(F)cc3C(F)(F)F)c(=O)oc3cc(Cl)c(C)cc23)c1. The number of anilines is 1. The van der Waals surface area contributed by atoms with Gasteiger partial charge in [0.2, 0.25) is 5.91 Å². The number of nitrogens with one attached hydrogen (secondary N) is 1. The molecule has 0 radical (unpaired) electrons. The first-order valence-electron chi connectivity index (χ1n) is 12.9. The molecule has 6 nitrogen and oxygen atoms in total. The number of alkyl halides is 3. The van der Waals surface area contributed by atoms with Crippen molar-refractivity contribution in [1.29, 1.82) is 0 Å². The van der Waals surface area contributed by atoms with Gasteiger partial charge in [0, 0.05) is 28.1 Å². The van der Waals surface area contributed by atoms with Crippen LogP contribution in [0.25, 0.3) is 28.2 Å². The lowest BCUT2D eigenvalue weighted by Gasteiger charge is -2.16. The highest BCUT2D eigenvalue weighted by Crippen LogP contribution is 2.37.